The van der Waals surface area contributed by atoms with Gasteiger partial charge in [0.15, 0.2) is 0 Å². The maximum absolute atomic E-state index is 12.3. The Labute approximate surface area is 171 Å². The molecule has 0 fully saturated rings. The number of fused-ring (bicyclic) bond motifs is 1. The summed E-state index contributed by atoms with van der Waals surface area (Å²) in [6.07, 6.45) is 3.11. The highest BCUT2D eigenvalue weighted by Crippen LogP contribution is 2.20. The summed E-state index contributed by atoms with van der Waals surface area (Å²) in [5.41, 5.74) is 1.78. The molecule has 3 rings (SSSR count). The van der Waals surface area contributed by atoms with Gasteiger partial charge in [0.1, 0.15) is 0 Å². The first-order valence-electron chi connectivity index (χ1n) is 9.46. The first kappa shape index (κ1) is 20.8. The quantitative estimate of drug-likeness (QED) is 0.580. The van der Waals surface area contributed by atoms with Crippen LogP contribution in [0.5, 0.6) is 0 Å². The zero-order valence-corrected chi connectivity index (χ0v) is 17.2. The molecule has 0 aliphatic carbocycles. The van der Waals surface area contributed by atoms with Gasteiger partial charge >= 0.3 is 0 Å². The van der Waals surface area contributed by atoms with E-state index < -0.39 is 10.0 Å². The van der Waals surface area contributed by atoms with Gasteiger partial charge in [-0.3, -0.25) is 4.79 Å². The molecule has 0 spiro atoms. The van der Waals surface area contributed by atoms with Crippen LogP contribution in [0.2, 0.25) is 0 Å². The molecule has 3 aromatic carbocycles. The molecule has 3 aromatic rings. The fourth-order valence-electron chi connectivity index (χ4n) is 3.03. The van der Waals surface area contributed by atoms with Crippen LogP contribution in [-0.4, -0.2) is 20.9 Å². The number of benzene rings is 3. The molecule has 0 saturated heterocycles. The van der Waals surface area contributed by atoms with Crippen LogP contribution >= 0.6 is 0 Å². The average Bonchev–Trinajstić information content (AvgIpc) is 2.72. The number of rotatable bonds is 7. The number of amides is 1. The second kappa shape index (κ2) is 9.03. The summed E-state index contributed by atoms with van der Waals surface area (Å²) in [6, 6.07) is 20.5. The van der Waals surface area contributed by atoms with Gasteiger partial charge in [0.05, 0.1) is 10.9 Å². The summed E-state index contributed by atoms with van der Waals surface area (Å²) in [6.45, 7) is 4.00. The van der Waals surface area contributed by atoms with Crippen molar-refractivity contribution in [2.24, 2.45) is 0 Å². The van der Waals surface area contributed by atoms with Gasteiger partial charge in [-0.05, 0) is 53.1 Å². The summed E-state index contributed by atoms with van der Waals surface area (Å²) < 4.78 is 26.4. The lowest BCUT2D eigenvalue weighted by Crippen LogP contribution is -2.24. The van der Waals surface area contributed by atoms with Crippen molar-refractivity contribution in [2.75, 3.05) is 6.54 Å². The van der Waals surface area contributed by atoms with Crippen LogP contribution in [0.15, 0.2) is 77.7 Å². The SMILES string of the molecule is CCNS(=O)(=O)c1ccc(/C=C/C(=O)NC(C)c2ccc3ccccc3c2)cc1. The van der Waals surface area contributed by atoms with Gasteiger partial charge < -0.3 is 5.32 Å². The Hall–Kier alpha value is -2.96. The number of hydrogen-bond acceptors (Lipinski definition) is 3. The molecule has 1 atom stereocenters. The van der Waals surface area contributed by atoms with Crippen molar-refractivity contribution in [3.05, 3.63) is 83.9 Å². The van der Waals surface area contributed by atoms with E-state index in [1.165, 1.54) is 18.2 Å². The number of hydrogen-bond donors (Lipinski definition) is 2. The van der Waals surface area contributed by atoms with Crippen molar-refractivity contribution in [3.63, 3.8) is 0 Å². The largest absolute Gasteiger partial charge is 0.346 e. The molecule has 0 aliphatic rings. The van der Waals surface area contributed by atoms with Crippen LogP contribution in [0.4, 0.5) is 0 Å². The van der Waals surface area contributed by atoms with Crippen LogP contribution in [-0.2, 0) is 14.8 Å². The Kier molecular flexibility index (Phi) is 6.46. The van der Waals surface area contributed by atoms with Gasteiger partial charge in [-0.25, -0.2) is 13.1 Å². The molecular weight excluding hydrogens is 384 g/mol. The van der Waals surface area contributed by atoms with E-state index in [0.717, 1.165) is 21.9 Å². The Bertz CT molecular complexity index is 1140. The number of nitrogens with one attached hydrogen (secondary N) is 2. The fourth-order valence-corrected chi connectivity index (χ4v) is 4.07. The molecule has 0 aliphatic heterocycles. The van der Waals surface area contributed by atoms with Crippen LogP contribution in [0.25, 0.3) is 16.8 Å². The van der Waals surface area contributed by atoms with Crippen LogP contribution < -0.4 is 10.0 Å². The molecule has 150 valence electrons. The highest BCUT2D eigenvalue weighted by atomic mass is 32.2. The molecule has 6 heteroatoms. The third kappa shape index (κ3) is 5.31. The lowest BCUT2D eigenvalue weighted by atomic mass is 10.0. The second-order valence-electron chi connectivity index (χ2n) is 6.74. The smallest absolute Gasteiger partial charge is 0.244 e. The molecule has 1 amide bonds. The molecule has 0 saturated carbocycles. The van der Waals surface area contributed by atoms with E-state index in [2.05, 4.69) is 22.2 Å². The lowest BCUT2D eigenvalue weighted by Gasteiger charge is -2.14. The molecule has 0 aromatic heterocycles. The van der Waals surface area contributed by atoms with E-state index in [1.807, 2.05) is 37.3 Å². The Balaban J connectivity index is 1.64. The molecule has 29 heavy (non-hydrogen) atoms. The summed E-state index contributed by atoms with van der Waals surface area (Å²) in [5, 5.41) is 5.25. The predicted molar refractivity (Wildman–Crippen MR) is 117 cm³/mol. The molecule has 5 nitrogen and oxygen atoms in total. The van der Waals surface area contributed by atoms with Gasteiger partial charge in [-0.1, -0.05) is 55.5 Å². The van der Waals surface area contributed by atoms with E-state index in [1.54, 1.807) is 25.1 Å². The van der Waals surface area contributed by atoms with Gasteiger partial charge in [-0.2, -0.15) is 0 Å². The average molecular weight is 409 g/mol. The van der Waals surface area contributed by atoms with Crippen LogP contribution in [0, 0.1) is 0 Å². The first-order valence-corrected chi connectivity index (χ1v) is 10.9. The van der Waals surface area contributed by atoms with Crippen molar-refractivity contribution < 1.29 is 13.2 Å². The van der Waals surface area contributed by atoms with E-state index in [0.29, 0.717) is 6.54 Å². The van der Waals surface area contributed by atoms with Crippen LogP contribution in [0.1, 0.15) is 31.0 Å². The van der Waals surface area contributed by atoms with Crippen molar-refractivity contribution in [2.45, 2.75) is 24.8 Å². The fraction of sp³-hybridized carbons (Fsp3) is 0.174. The molecular formula is C23H24N2O3S. The second-order valence-corrected chi connectivity index (χ2v) is 8.51. The molecule has 1 unspecified atom stereocenters. The van der Waals surface area contributed by atoms with Crippen molar-refractivity contribution in [3.8, 4) is 0 Å². The zero-order valence-electron chi connectivity index (χ0n) is 16.4. The van der Waals surface area contributed by atoms with Crippen molar-refractivity contribution in [1.29, 1.82) is 0 Å². The van der Waals surface area contributed by atoms with Gasteiger partial charge in [0, 0.05) is 12.6 Å². The third-order valence-corrected chi connectivity index (χ3v) is 6.15. The predicted octanol–water partition coefficient (Wildman–Crippen LogP) is 4.03. The van der Waals surface area contributed by atoms with Crippen molar-refractivity contribution >= 4 is 32.8 Å². The summed E-state index contributed by atoms with van der Waals surface area (Å²) in [7, 11) is -3.47. The van der Waals surface area contributed by atoms with E-state index in [-0.39, 0.29) is 16.8 Å². The Morgan fingerprint density at radius 1 is 1.00 bits per heavy atom. The minimum Gasteiger partial charge on any atom is -0.346 e. The summed E-state index contributed by atoms with van der Waals surface area (Å²) >= 11 is 0. The van der Waals surface area contributed by atoms with E-state index in [4.69, 9.17) is 0 Å². The monoisotopic (exact) mass is 408 g/mol. The Morgan fingerprint density at radius 2 is 1.69 bits per heavy atom. The molecule has 0 radical (unpaired) electrons. The normalized spacial score (nSPS) is 12.9. The lowest BCUT2D eigenvalue weighted by molar-refractivity contribution is -0.117. The zero-order chi connectivity index (χ0) is 20.9. The number of carbonyl (C=O) groups is 1. The number of sulfonamides is 1. The highest BCUT2D eigenvalue weighted by molar-refractivity contribution is 7.89. The molecule has 2 N–H and O–H groups in total. The molecule has 0 bridgehead atoms. The third-order valence-electron chi connectivity index (χ3n) is 4.58. The van der Waals surface area contributed by atoms with Gasteiger partial charge in [0.25, 0.3) is 0 Å². The summed E-state index contributed by atoms with van der Waals surface area (Å²) in [4.78, 5) is 12.5. The molecule has 0 heterocycles. The standard InChI is InChI=1S/C23H24N2O3S/c1-3-24-29(27,28)22-13-8-18(9-14-22)10-15-23(26)25-17(2)20-12-11-19-6-4-5-7-21(19)16-20/h4-17,24H,3H2,1-2H3,(H,25,26)/b15-10+. The van der Waals surface area contributed by atoms with Crippen LogP contribution in [0.3, 0.4) is 0 Å². The van der Waals surface area contributed by atoms with Crippen molar-refractivity contribution in [1.82, 2.24) is 10.0 Å². The van der Waals surface area contributed by atoms with E-state index >= 15 is 0 Å². The first-order chi connectivity index (χ1) is 13.9. The minimum atomic E-state index is -3.47. The van der Waals surface area contributed by atoms with E-state index in [9.17, 15) is 13.2 Å². The minimum absolute atomic E-state index is 0.135. The van der Waals surface area contributed by atoms with Gasteiger partial charge in [0.2, 0.25) is 15.9 Å². The maximum Gasteiger partial charge on any atom is 0.244 e. The highest BCUT2D eigenvalue weighted by Gasteiger charge is 2.11. The maximum atomic E-state index is 12.3. The summed E-state index contributed by atoms with van der Waals surface area (Å²) in [5.74, 6) is -0.213. The topological polar surface area (TPSA) is 75.3 Å². The Morgan fingerprint density at radius 3 is 2.38 bits per heavy atom. The van der Waals surface area contributed by atoms with Gasteiger partial charge in [-0.15, -0.1) is 0 Å². The number of carbonyl (C=O) groups excluding carboxylic acids is 1.